The molecular weight excluding hydrogens is 467 g/mol. The maximum Gasteiger partial charge on any atom is 0.307 e. The summed E-state index contributed by atoms with van der Waals surface area (Å²) in [6, 6.07) is 41.4. The van der Waals surface area contributed by atoms with Crippen LogP contribution in [0.1, 0.15) is 17.6 Å². The monoisotopic (exact) mass is 491 g/mol. The average Bonchev–Trinajstić information content (AvgIpc) is 2.81. The zero-order valence-electron chi connectivity index (χ0n) is 17.0. The molecule has 1 atom stereocenters. The van der Waals surface area contributed by atoms with Crippen molar-refractivity contribution in [3.8, 4) is 0 Å². The van der Waals surface area contributed by atoms with Gasteiger partial charge in [-0.25, -0.2) is 0 Å². The Labute approximate surface area is 194 Å². The van der Waals surface area contributed by atoms with Gasteiger partial charge in [-0.3, -0.25) is 4.79 Å². The third-order valence-corrected chi connectivity index (χ3v) is 10.3. The number of benzene rings is 4. The molecule has 0 aliphatic carbocycles. The van der Waals surface area contributed by atoms with Crippen LogP contribution in [-0.2, 0) is 4.79 Å². The van der Waals surface area contributed by atoms with Gasteiger partial charge in [0.2, 0.25) is 0 Å². The number of rotatable bonds is 7. The molecule has 0 saturated heterocycles. The summed E-state index contributed by atoms with van der Waals surface area (Å²) in [4.78, 5) is 12.1. The predicted molar refractivity (Wildman–Crippen MR) is 137 cm³/mol. The number of hydrogen-bond acceptors (Lipinski definition) is 1. The van der Waals surface area contributed by atoms with E-state index in [1.165, 1.54) is 15.9 Å². The normalized spacial score (nSPS) is 11.9. The first-order valence-electron chi connectivity index (χ1n) is 10.0. The predicted octanol–water partition coefficient (Wildman–Crippen LogP) is 5.77. The van der Waals surface area contributed by atoms with Gasteiger partial charge in [0.05, 0.1) is 6.42 Å². The van der Waals surface area contributed by atoms with Crippen molar-refractivity contribution in [2.75, 3.05) is 0 Å². The lowest BCUT2D eigenvalue weighted by Crippen LogP contribution is -2.36. The number of halogens is 1. The minimum absolute atomic E-state index is 0. The van der Waals surface area contributed by atoms with Gasteiger partial charge in [-0.2, -0.15) is 0 Å². The van der Waals surface area contributed by atoms with Crippen molar-refractivity contribution < 1.29 is 9.90 Å². The number of carbonyl (C=O) groups is 1. The summed E-state index contributed by atoms with van der Waals surface area (Å²) >= 11 is 0. The van der Waals surface area contributed by atoms with E-state index in [4.69, 9.17) is 0 Å². The first kappa shape index (κ1) is 22.9. The Morgan fingerprint density at radius 2 is 0.935 bits per heavy atom. The molecule has 0 bridgehead atoms. The largest absolute Gasteiger partial charge is 0.481 e. The van der Waals surface area contributed by atoms with Crippen LogP contribution >= 0.6 is 24.2 Å². The van der Waals surface area contributed by atoms with Crippen LogP contribution in [0.2, 0.25) is 0 Å². The zero-order chi connectivity index (χ0) is 20.8. The second-order valence-electron chi connectivity index (χ2n) is 7.25. The Morgan fingerprint density at radius 1 is 0.613 bits per heavy atom. The molecule has 31 heavy (non-hydrogen) atoms. The third kappa shape index (κ3) is 4.63. The van der Waals surface area contributed by atoms with Crippen molar-refractivity contribution in [3.63, 3.8) is 0 Å². The van der Waals surface area contributed by atoms with E-state index in [1.54, 1.807) is 0 Å². The minimum Gasteiger partial charge on any atom is -0.481 e. The van der Waals surface area contributed by atoms with Crippen molar-refractivity contribution in [1.29, 1.82) is 0 Å². The molecule has 0 saturated carbocycles. The summed E-state index contributed by atoms with van der Waals surface area (Å²) in [5, 5.41) is 13.5. The molecule has 156 valence electrons. The molecule has 0 radical (unpaired) electrons. The van der Waals surface area contributed by atoms with Crippen LogP contribution in [0.4, 0.5) is 0 Å². The molecule has 0 fully saturated rings. The van der Waals surface area contributed by atoms with Crippen molar-refractivity contribution >= 4 is 46.1 Å². The first-order valence-corrected chi connectivity index (χ1v) is 11.9. The Kier molecular flexibility index (Phi) is 7.79. The van der Waals surface area contributed by atoms with Crippen molar-refractivity contribution in [1.82, 2.24) is 0 Å². The SMILES string of the molecule is Br.O=C(O)CC(c1ccccc1)[P+](c1ccccc1)(c1ccccc1)c1ccccc1. The van der Waals surface area contributed by atoms with Gasteiger partial charge in [0.15, 0.2) is 0 Å². The fourth-order valence-electron chi connectivity index (χ4n) is 4.30. The summed E-state index contributed by atoms with van der Waals surface area (Å²) < 4.78 is 0. The van der Waals surface area contributed by atoms with E-state index in [1.807, 2.05) is 36.4 Å². The fourth-order valence-corrected chi connectivity index (χ4v) is 9.25. The summed E-state index contributed by atoms with van der Waals surface area (Å²) in [6.45, 7) is 0. The molecule has 0 spiro atoms. The van der Waals surface area contributed by atoms with Gasteiger partial charge < -0.3 is 5.11 Å². The maximum absolute atomic E-state index is 12.1. The smallest absolute Gasteiger partial charge is 0.307 e. The van der Waals surface area contributed by atoms with Crippen LogP contribution in [0, 0.1) is 0 Å². The molecule has 0 aliphatic heterocycles. The van der Waals surface area contributed by atoms with Crippen LogP contribution in [-0.4, -0.2) is 11.1 Å². The lowest BCUT2D eigenvalue weighted by molar-refractivity contribution is -0.137. The highest BCUT2D eigenvalue weighted by Crippen LogP contribution is 2.67. The average molecular weight is 492 g/mol. The molecule has 4 heteroatoms. The highest BCUT2D eigenvalue weighted by Gasteiger charge is 2.53. The first-order chi connectivity index (χ1) is 14.7. The second-order valence-corrected chi connectivity index (χ2v) is 10.9. The van der Waals surface area contributed by atoms with Gasteiger partial charge >= 0.3 is 5.97 Å². The lowest BCUT2D eigenvalue weighted by Gasteiger charge is -2.34. The van der Waals surface area contributed by atoms with E-state index < -0.39 is 13.2 Å². The highest BCUT2D eigenvalue weighted by molar-refractivity contribution is 8.93. The molecule has 4 aromatic rings. The van der Waals surface area contributed by atoms with Gasteiger partial charge in [-0.1, -0.05) is 84.9 Å². The van der Waals surface area contributed by atoms with Crippen molar-refractivity contribution in [2.45, 2.75) is 12.1 Å². The molecular formula is C27H25BrO2P+. The van der Waals surface area contributed by atoms with Gasteiger partial charge in [0.25, 0.3) is 0 Å². The van der Waals surface area contributed by atoms with E-state index in [0.29, 0.717) is 0 Å². The maximum atomic E-state index is 12.1. The van der Waals surface area contributed by atoms with E-state index in [-0.39, 0.29) is 29.1 Å². The van der Waals surface area contributed by atoms with E-state index >= 15 is 0 Å². The summed E-state index contributed by atoms with van der Waals surface area (Å²) in [6.07, 6.45) is 0.0659. The Morgan fingerprint density at radius 3 is 1.26 bits per heavy atom. The van der Waals surface area contributed by atoms with Crippen LogP contribution in [0.25, 0.3) is 0 Å². The molecule has 4 rings (SSSR count). The number of carboxylic acid groups (broad SMARTS) is 1. The zero-order valence-corrected chi connectivity index (χ0v) is 19.6. The van der Waals surface area contributed by atoms with Crippen LogP contribution in [0.15, 0.2) is 121 Å². The quantitative estimate of drug-likeness (QED) is 0.333. The van der Waals surface area contributed by atoms with E-state index in [2.05, 4.69) is 84.9 Å². The summed E-state index contributed by atoms with van der Waals surface area (Å²) in [5.74, 6) is -0.781. The minimum atomic E-state index is -2.32. The fraction of sp³-hybridized carbons (Fsp3) is 0.0741. The molecule has 1 unspecified atom stereocenters. The number of aliphatic carboxylic acids is 1. The van der Waals surface area contributed by atoms with Crippen LogP contribution < -0.4 is 15.9 Å². The summed E-state index contributed by atoms with van der Waals surface area (Å²) in [5.41, 5.74) is 0.883. The van der Waals surface area contributed by atoms with Gasteiger partial charge in [-0.05, 0) is 42.0 Å². The van der Waals surface area contributed by atoms with Crippen molar-refractivity contribution in [3.05, 3.63) is 127 Å². The second kappa shape index (κ2) is 10.5. The molecule has 0 heterocycles. The Hall–Kier alpha value is -2.74. The van der Waals surface area contributed by atoms with Gasteiger partial charge in [0.1, 0.15) is 28.8 Å². The standard InChI is InChI=1S/C27H23O2P.BrH/c28-27(29)21-26(22-13-5-1-6-14-22)30(23-15-7-2-8-16-23,24-17-9-3-10-18-24)25-19-11-4-12-20-25;/h1-20,26H,21H2;1H/p+1. The Balaban J connectivity index is 0.00000272. The highest BCUT2D eigenvalue weighted by atomic mass is 79.9. The topological polar surface area (TPSA) is 37.3 Å². The molecule has 2 nitrogen and oxygen atoms in total. The van der Waals surface area contributed by atoms with Gasteiger partial charge in [-0.15, -0.1) is 17.0 Å². The van der Waals surface area contributed by atoms with Crippen LogP contribution in [0.5, 0.6) is 0 Å². The molecule has 0 amide bonds. The Bertz CT molecular complexity index is 990. The van der Waals surface area contributed by atoms with E-state index in [0.717, 1.165) is 5.56 Å². The van der Waals surface area contributed by atoms with Gasteiger partial charge in [0, 0.05) is 0 Å². The number of hydrogen-bond donors (Lipinski definition) is 1. The van der Waals surface area contributed by atoms with E-state index in [9.17, 15) is 9.90 Å². The lowest BCUT2D eigenvalue weighted by atomic mass is 10.1. The van der Waals surface area contributed by atoms with Crippen LogP contribution in [0.3, 0.4) is 0 Å². The molecule has 0 aliphatic rings. The molecule has 1 N–H and O–H groups in total. The number of carboxylic acids is 1. The third-order valence-electron chi connectivity index (χ3n) is 5.51. The van der Waals surface area contributed by atoms with Crippen molar-refractivity contribution in [2.24, 2.45) is 0 Å². The molecule has 4 aromatic carbocycles. The molecule has 0 aromatic heterocycles. The summed E-state index contributed by atoms with van der Waals surface area (Å²) in [7, 11) is -2.32.